The van der Waals surface area contributed by atoms with Crippen LogP contribution in [0.25, 0.3) is 0 Å². The van der Waals surface area contributed by atoms with Crippen molar-refractivity contribution < 1.29 is 0 Å². The number of rotatable bonds is 3. The molecular weight excluding hydrogens is 184 g/mol. The summed E-state index contributed by atoms with van der Waals surface area (Å²) in [5, 5.41) is 3.72. The first-order valence-electron chi connectivity index (χ1n) is 6.08. The van der Waals surface area contributed by atoms with Crippen molar-refractivity contribution >= 4 is 0 Å². The average Bonchev–Trinajstić information content (AvgIpc) is 3.03. The summed E-state index contributed by atoms with van der Waals surface area (Å²) >= 11 is 0. The summed E-state index contributed by atoms with van der Waals surface area (Å²) in [6, 6.07) is 0.630. The molecule has 0 bridgehead atoms. The highest BCUT2D eigenvalue weighted by molar-refractivity contribution is 5.03. The van der Waals surface area contributed by atoms with E-state index >= 15 is 0 Å². The van der Waals surface area contributed by atoms with Gasteiger partial charge in [0.2, 0.25) is 0 Å². The minimum absolute atomic E-state index is 0.348. The predicted octanol–water partition coefficient (Wildman–Crippen LogP) is 1.47. The Labute approximate surface area is 93.4 Å². The third-order valence-corrected chi connectivity index (χ3v) is 3.98. The van der Waals surface area contributed by atoms with Crippen LogP contribution in [-0.2, 0) is 0 Å². The van der Waals surface area contributed by atoms with Crippen LogP contribution >= 0.6 is 0 Å². The molecule has 1 saturated carbocycles. The molecule has 1 saturated heterocycles. The monoisotopic (exact) mass is 206 g/mol. The SMILES string of the molecule is C#CCCN1CC(C)(C2CC2)NCC1C. The maximum absolute atomic E-state index is 5.34. The van der Waals surface area contributed by atoms with Gasteiger partial charge in [-0.2, -0.15) is 0 Å². The molecule has 0 aromatic rings. The van der Waals surface area contributed by atoms with E-state index in [0.717, 1.165) is 25.4 Å². The lowest BCUT2D eigenvalue weighted by Gasteiger charge is -2.45. The third-order valence-electron chi connectivity index (χ3n) is 3.98. The molecule has 0 aromatic carbocycles. The van der Waals surface area contributed by atoms with Gasteiger partial charge in [-0.1, -0.05) is 0 Å². The second-order valence-electron chi connectivity index (χ2n) is 5.35. The number of piperazine rings is 1. The van der Waals surface area contributed by atoms with Crippen LogP contribution < -0.4 is 5.32 Å². The molecule has 0 amide bonds. The van der Waals surface area contributed by atoms with Crippen LogP contribution in [0, 0.1) is 18.3 Å². The van der Waals surface area contributed by atoms with E-state index in [2.05, 4.69) is 30.0 Å². The minimum atomic E-state index is 0.348. The average molecular weight is 206 g/mol. The van der Waals surface area contributed by atoms with Crippen molar-refractivity contribution in [2.75, 3.05) is 19.6 Å². The Kier molecular flexibility index (Phi) is 3.04. The van der Waals surface area contributed by atoms with Crippen molar-refractivity contribution in [1.29, 1.82) is 0 Å². The van der Waals surface area contributed by atoms with E-state index in [1.54, 1.807) is 0 Å². The van der Waals surface area contributed by atoms with Crippen LogP contribution in [-0.4, -0.2) is 36.1 Å². The van der Waals surface area contributed by atoms with Crippen molar-refractivity contribution in [3.63, 3.8) is 0 Å². The zero-order valence-corrected chi connectivity index (χ0v) is 9.92. The van der Waals surface area contributed by atoms with E-state index in [-0.39, 0.29) is 0 Å². The molecule has 2 atom stereocenters. The highest BCUT2D eigenvalue weighted by Gasteiger charge is 2.44. The molecule has 2 nitrogen and oxygen atoms in total. The van der Waals surface area contributed by atoms with E-state index in [4.69, 9.17) is 6.42 Å². The fourth-order valence-electron chi connectivity index (χ4n) is 2.65. The van der Waals surface area contributed by atoms with Crippen molar-refractivity contribution in [1.82, 2.24) is 10.2 Å². The summed E-state index contributed by atoms with van der Waals surface area (Å²) in [6.45, 7) is 8.00. The molecule has 15 heavy (non-hydrogen) atoms. The zero-order chi connectivity index (χ0) is 10.9. The second kappa shape index (κ2) is 4.15. The van der Waals surface area contributed by atoms with Crippen LogP contribution in [0.2, 0.25) is 0 Å². The Morgan fingerprint density at radius 2 is 2.27 bits per heavy atom. The van der Waals surface area contributed by atoms with E-state index in [9.17, 15) is 0 Å². The Balaban J connectivity index is 1.94. The number of hydrogen-bond donors (Lipinski definition) is 1. The normalized spacial score (nSPS) is 37.5. The largest absolute Gasteiger partial charge is 0.308 e. The Morgan fingerprint density at radius 3 is 2.87 bits per heavy atom. The summed E-state index contributed by atoms with van der Waals surface area (Å²) in [5.41, 5.74) is 0.348. The third kappa shape index (κ3) is 2.35. The molecule has 2 rings (SSSR count). The highest BCUT2D eigenvalue weighted by Crippen LogP contribution is 2.41. The summed E-state index contributed by atoms with van der Waals surface area (Å²) in [6.07, 6.45) is 9.03. The van der Waals surface area contributed by atoms with Gasteiger partial charge in [-0.05, 0) is 32.6 Å². The molecule has 2 aliphatic rings. The molecule has 1 aliphatic carbocycles. The van der Waals surface area contributed by atoms with E-state index in [1.807, 2.05) is 0 Å². The van der Waals surface area contributed by atoms with Gasteiger partial charge in [0.1, 0.15) is 0 Å². The van der Waals surface area contributed by atoms with Crippen LogP contribution in [0.5, 0.6) is 0 Å². The van der Waals surface area contributed by atoms with E-state index < -0.39 is 0 Å². The molecule has 2 fully saturated rings. The summed E-state index contributed by atoms with van der Waals surface area (Å²) in [4.78, 5) is 2.55. The molecule has 0 spiro atoms. The standard InChI is InChI=1S/C13H22N2/c1-4-5-8-15-10-13(3,12-6-7-12)14-9-11(15)2/h1,11-12,14H,5-10H2,2-3H3. The molecule has 2 heteroatoms. The van der Waals surface area contributed by atoms with Crippen molar-refractivity contribution in [3.8, 4) is 12.3 Å². The topological polar surface area (TPSA) is 15.3 Å². The molecule has 84 valence electrons. The lowest BCUT2D eigenvalue weighted by molar-refractivity contribution is 0.0855. The quantitative estimate of drug-likeness (QED) is 0.704. The number of hydrogen-bond acceptors (Lipinski definition) is 2. The van der Waals surface area contributed by atoms with Gasteiger partial charge >= 0.3 is 0 Å². The first-order valence-corrected chi connectivity index (χ1v) is 6.08. The Morgan fingerprint density at radius 1 is 1.53 bits per heavy atom. The van der Waals surface area contributed by atoms with E-state index in [1.165, 1.54) is 19.4 Å². The summed E-state index contributed by atoms with van der Waals surface area (Å²) < 4.78 is 0. The van der Waals surface area contributed by atoms with Gasteiger partial charge in [0.05, 0.1) is 0 Å². The summed E-state index contributed by atoms with van der Waals surface area (Å²) in [5.74, 6) is 3.65. The molecule has 0 aromatic heterocycles. The predicted molar refractivity (Wildman–Crippen MR) is 63.6 cm³/mol. The van der Waals surface area contributed by atoms with Crippen LogP contribution in [0.4, 0.5) is 0 Å². The van der Waals surface area contributed by atoms with Gasteiger partial charge in [-0.25, -0.2) is 0 Å². The van der Waals surface area contributed by atoms with Crippen LogP contribution in [0.15, 0.2) is 0 Å². The van der Waals surface area contributed by atoms with Crippen LogP contribution in [0.3, 0.4) is 0 Å². The van der Waals surface area contributed by atoms with Gasteiger partial charge in [-0.3, -0.25) is 4.90 Å². The molecule has 0 radical (unpaired) electrons. The van der Waals surface area contributed by atoms with Gasteiger partial charge in [0, 0.05) is 37.6 Å². The number of terminal acetylenes is 1. The Hall–Kier alpha value is -0.520. The van der Waals surface area contributed by atoms with Gasteiger partial charge in [0.15, 0.2) is 0 Å². The maximum Gasteiger partial charge on any atom is 0.0309 e. The van der Waals surface area contributed by atoms with E-state index in [0.29, 0.717) is 11.6 Å². The molecule has 1 N–H and O–H groups in total. The number of nitrogens with one attached hydrogen (secondary N) is 1. The Bertz CT molecular complexity index is 264. The van der Waals surface area contributed by atoms with Gasteiger partial charge in [0.25, 0.3) is 0 Å². The first-order chi connectivity index (χ1) is 7.15. The second-order valence-corrected chi connectivity index (χ2v) is 5.35. The van der Waals surface area contributed by atoms with Gasteiger partial charge in [-0.15, -0.1) is 12.3 Å². The molecule has 1 heterocycles. The smallest absolute Gasteiger partial charge is 0.0309 e. The number of nitrogens with zero attached hydrogens (tertiary/aromatic N) is 1. The molecule has 2 unspecified atom stereocenters. The van der Waals surface area contributed by atoms with Crippen molar-refractivity contribution in [2.24, 2.45) is 5.92 Å². The van der Waals surface area contributed by atoms with Crippen LogP contribution in [0.1, 0.15) is 33.1 Å². The lowest BCUT2D eigenvalue weighted by Crippen LogP contribution is -2.63. The molecular formula is C13H22N2. The van der Waals surface area contributed by atoms with Crippen molar-refractivity contribution in [3.05, 3.63) is 0 Å². The van der Waals surface area contributed by atoms with Gasteiger partial charge < -0.3 is 5.32 Å². The fraction of sp³-hybridized carbons (Fsp3) is 0.846. The minimum Gasteiger partial charge on any atom is -0.308 e. The van der Waals surface area contributed by atoms with Crippen molar-refractivity contribution in [2.45, 2.75) is 44.7 Å². The maximum atomic E-state index is 5.34. The first kappa shape index (κ1) is 11.0. The summed E-state index contributed by atoms with van der Waals surface area (Å²) in [7, 11) is 0. The fourth-order valence-corrected chi connectivity index (χ4v) is 2.65. The zero-order valence-electron chi connectivity index (χ0n) is 9.92. The lowest BCUT2D eigenvalue weighted by atomic mass is 9.91. The highest BCUT2D eigenvalue weighted by atomic mass is 15.2. The molecule has 1 aliphatic heterocycles.